The summed E-state index contributed by atoms with van der Waals surface area (Å²) >= 11 is 0. The Kier molecular flexibility index (Phi) is 6.72. The van der Waals surface area contributed by atoms with Gasteiger partial charge in [0.1, 0.15) is 5.75 Å². The van der Waals surface area contributed by atoms with Gasteiger partial charge in [-0.1, -0.05) is 42.5 Å². The fraction of sp³-hybridized carbons (Fsp3) is 0. The summed E-state index contributed by atoms with van der Waals surface area (Å²) in [7, 11) is 0. The quantitative estimate of drug-likeness (QED) is 0.111. The van der Waals surface area contributed by atoms with Gasteiger partial charge >= 0.3 is 5.97 Å². The lowest BCUT2D eigenvalue weighted by molar-refractivity contribution is 0.0735. The second kappa shape index (κ2) is 10.6. The van der Waals surface area contributed by atoms with Crippen LogP contribution in [0.1, 0.15) is 10.4 Å². The van der Waals surface area contributed by atoms with Gasteiger partial charge in [0.15, 0.2) is 0 Å². The predicted molar refractivity (Wildman–Crippen MR) is 148 cm³/mol. The zero-order chi connectivity index (χ0) is 25.6. The largest absolute Gasteiger partial charge is 0.423 e. The molecule has 6 nitrogen and oxygen atoms in total. The van der Waals surface area contributed by atoms with Crippen molar-refractivity contribution in [3.63, 3.8) is 0 Å². The molecule has 5 rings (SSSR count). The van der Waals surface area contributed by atoms with Gasteiger partial charge in [-0.15, -0.1) is 0 Å². The minimum Gasteiger partial charge on any atom is -0.423 e. The Morgan fingerprint density at radius 3 is 1.62 bits per heavy atom. The van der Waals surface area contributed by atoms with Crippen molar-refractivity contribution in [1.29, 1.82) is 0 Å². The van der Waals surface area contributed by atoms with Crippen molar-refractivity contribution < 1.29 is 9.53 Å². The Hall–Kier alpha value is -5.23. The molecular weight excluding hydrogens is 460 g/mol. The topological polar surface area (TPSA) is 103 Å². The fourth-order valence-corrected chi connectivity index (χ4v) is 3.87. The lowest BCUT2D eigenvalue weighted by atomic mass is 9.95. The van der Waals surface area contributed by atoms with E-state index in [9.17, 15) is 4.79 Å². The van der Waals surface area contributed by atoms with E-state index in [1.807, 2.05) is 84.9 Å². The van der Waals surface area contributed by atoms with Crippen molar-refractivity contribution in [3.05, 3.63) is 127 Å². The molecule has 0 heterocycles. The molecule has 0 aromatic heterocycles. The summed E-state index contributed by atoms with van der Waals surface area (Å²) in [5.41, 5.74) is 18.6. The molecule has 5 aromatic rings. The van der Waals surface area contributed by atoms with E-state index in [0.29, 0.717) is 28.4 Å². The van der Waals surface area contributed by atoms with Crippen LogP contribution >= 0.6 is 0 Å². The SMILES string of the molecule is Nc1cccc(-c2cc(C(=O)Oc3ccc(N=Nc4ccccc4)cc3)cc(-c3cccc(N)c3)c2)c1. The molecule has 0 saturated heterocycles. The second-order valence-electron chi connectivity index (χ2n) is 8.47. The van der Waals surface area contributed by atoms with E-state index in [0.717, 1.165) is 27.9 Å². The van der Waals surface area contributed by atoms with Crippen LogP contribution in [-0.4, -0.2) is 5.97 Å². The highest BCUT2D eigenvalue weighted by atomic mass is 16.5. The van der Waals surface area contributed by atoms with Gasteiger partial charge in [-0.3, -0.25) is 0 Å². The molecule has 0 unspecified atom stereocenters. The highest BCUT2D eigenvalue weighted by Gasteiger charge is 2.14. The van der Waals surface area contributed by atoms with Crippen LogP contribution in [0.15, 0.2) is 132 Å². The standard InChI is InChI=1S/C31H24N4O2/c32-26-8-4-6-21(19-26)23-16-24(22-7-5-9-27(33)20-22)18-25(17-23)31(36)37-30-14-12-29(13-15-30)35-34-28-10-2-1-3-11-28/h1-20H,32-33H2. The number of benzene rings is 5. The van der Waals surface area contributed by atoms with Gasteiger partial charge in [-0.2, -0.15) is 10.2 Å². The number of anilines is 2. The summed E-state index contributed by atoms with van der Waals surface area (Å²) in [5, 5.41) is 8.43. The van der Waals surface area contributed by atoms with Gasteiger partial charge in [0.05, 0.1) is 16.9 Å². The van der Waals surface area contributed by atoms with E-state index in [1.54, 1.807) is 36.4 Å². The molecule has 0 atom stereocenters. The Bertz CT molecular complexity index is 1520. The molecule has 0 aliphatic heterocycles. The number of carbonyl (C=O) groups excluding carboxylic acids is 1. The number of hydrogen-bond acceptors (Lipinski definition) is 6. The number of azo groups is 1. The summed E-state index contributed by atoms with van der Waals surface area (Å²) < 4.78 is 5.69. The Labute approximate surface area is 214 Å². The van der Waals surface area contributed by atoms with Crippen molar-refractivity contribution in [2.24, 2.45) is 10.2 Å². The van der Waals surface area contributed by atoms with Crippen LogP contribution in [-0.2, 0) is 0 Å². The zero-order valence-corrected chi connectivity index (χ0v) is 19.9. The highest BCUT2D eigenvalue weighted by Crippen LogP contribution is 2.31. The molecule has 0 amide bonds. The number of nitrogen functional groups attached to an aromatic ring is 2. The van der Waals surface area contributed by atoms with Crippen molar-refractivity contribution in [3.8, 4) is 28.0 Å². The average molecular weight is 485 g/mol. The second-order valence-corrected chi connectivity index (χ2v) is 8.47. The van der Waals surface area contributed by atoms with Gasteiger partial charge in [0.25, 0.3) is 0 Å². The van der Waals surface area contributed by atoms with Gasteiger partial charge in [-0.25, -0.2) is 4.79 Å². The minimum atomic E-state index is -0.477. The first-order valence-corrected chi connectivity index (χ1v) is 11.7. The minimum absolute atomic E-state index is 0.406. The predicted octanol–water partition coefficient (Wildman–Crippen LogP) is 7.82. The maximum Gasteiger partial charge on any atom is 0.343 e. The molecule has 0 bridgehead atoms. The number of nitrogens with two attached hydrogens (primary N) is 2. The molecule has 4 N–H and O–H groups in total. The molecule has 5 aromatic carbocycles. The van der Waals surface area contributed by atoms with Crippen LogP contribution in [0.25, 0.3) is 22.3 Å². The van der Waals surface area contributed by atoms with Crippen LogP contribution in [0.4, 0.5) is 22.7 Å². The molecule has 0 aliphatic rings. The van der Waals surface area contributed by atoms with Gasteiger partial charge in [-0.05, 0) is 101 Å². The molecule has 0 fully saturated rings. The molecule has 0 spiro atoms. The van der Waals surface area contributed by atoms with E-state index < -0.39 is 5.97 Å². The summed E-state index contributed by atoms with van der Waals surface area (Å²) in [6.45, 7) is 0. The van der Waals surface area contributed by atoms with Gasteiger partial charge in [0, 0.05) is 11.4 Å². The first-order chi connectivity index (χ1) is 18.0. The summed E-state index contributed by atoms with van der Waals surface area (Å²) in [6, 6.07) is 37.0. The normalized spacial score (nSPS) is 10.9. The van der Waals surface area contributed by atoms with Crippen LogP contribution in [0.3, 0.4) is 0 Å². The van der Waals surface area contributed by atoms with Crippen LogP contribution in [0.5, 0.6) is 5.75 Å². The molecule has 180 valence electrons. The van der Waals surface area contributed by atoms with Crippen molar-refractivity contribution in [2.45, 2.75) is 0 Å². The van der Waals surface area contributed by atoms with Gasteiger partial charge < -0.3 is 16.2 Å². The third kappa shape index (κ3) is 5.89. The third-order valence-electron chi connectivity index (χ3n) is 5.69. The summed E-state index contributed by atoms with van der Waals surface area (Å²) in [6.07, 6.45) is 0. The zero-order valence-electron chi connectivity index (χ0n) is 19.9. The number of hydrogen-bond donors (Lipinski definition) is 2. The van der Waals surface area contributed by atoms with Crippen LogP contribution < -0.4 is 16.2 Å². The monoisotopic (exact) mass is 484 g/mol. The maximum absolute atomic E-state index is 13.2. The number of rotatable bonds is 6. The van der Waals surface area contributed by atoms with Crippen molar-refractivity contribution in [1.82, 2.24) is 0 Å². The third-order valence-corrected chi connectivity index (χ3v) is 5.69. The van der Waals surface area contributed by atoms with Crippen molar-refractivity contribution >= 4 is 28.7 Å². The smallest absolute Gasteiger partial charge is 0.343 e. The number of esters is 1. The summed E-state index contributed by atoms with van der Waals surface area (Å²) in [5.74, 6) is -0.0712. The van der Waals surface area contributed by atoms with E-state index in [1.165, 1.54) is 0 Å². The van der Waals surface area contributed by atoms with Crippen molar-refractivity contribution in [2.75, 3.05) is 11.5 Å². The number of ether oxygens (including phenoxy) is 1. The lowest BCUT2D eigenvalue weighted by Crippen LogP contribution is -2.09. The first kappa shape index (κ1) is 23.5. The van der Waals surface area contributed by atoms with Crippen LogP contribution in [0, 0.1) is 0 Å². The summed E-state index contributed by atoms with van der Waals surface area (Å²) in [4.78, 5) is 13.2. The number of carbonyl (C=O) groups is 1. The van der Waals surface area contributed by atoms with E-state index in [2.05, 4.69) is 10.2 Å². The molecule has 0 saturated carbocycles. The van der Waals surface area contributed by atoms with Gasteiger partial charge in [0.2, 0.25) is 0 Å². The fourth-order valence-electron chi connectivity index (χ4n) is 3.87. The van der Waals surface area contributed by atoms with Crippen LogP contribution in [0.2, 0.25) is 0 Å². The van der Waals surface area contributed by atoms with E-state index in [4.69, 9.17) is 16.2 Å². The molecule has 37 heavy (non-hydrogen) atoms. The average Bonchev–Trinajstić information content (AvgIpc) is 2.93. The molecule has 0 radical (unpaired) electrons. The Morgan fingerprint density at radius 2 is 1.08 bits per heavy atom. The van der Waals surface area contributed by atoms with E-state index in [-0.39, 0.29) is 0 Å². The number of nitrogens with zero attached hydrogens (tertiary/aromatic N) is 2. The Morgan fingerprint density at radius 1 is 0.541 bits per heavy atom. The molecule has 6 heteroatoms. The highest BCUT2D eigenvalue weighted by molar-refractivity contribution is 5.95. The molecular formula is C31H24N4O2. The lowest BCUT2D eigenvalue weighted by Gasteiger charge is -2.12. The first-order valence-electron chi connectivity index (χ1n) is 11.7. The van der Waals surface area contributed by atoms with E-state index >= 15 is 0 Å². The Balaban J connectivity index is 1.42. The maximum atomic E-state index is 13.2. The molecule has 0 aliphatic carbocycles.